The average molecular weight is 220 g/mol. The fourth-order valence-electron chi connectivity index (χ4n) is 2.44. The van der Waals surface area contributed by atoms with Crippen molar-refractivity contribution in [2.75, 3.05) is 13.2 Å². The lowest BCUT2D eigenvalue weighted by Gasteiger charge is -2.22. The van der Waals surface area contributed by atoms with Crippen molar-refractivity contribution < 1.29 is 9.50 Å². The number of hydrogen-bond acceptors (Lipinski definition) is 2. The van der Waals surface area contributed by atoms with Gasteiger partial charge in [0.05, 0.1) is 12.6 Å². The number of aromatic nitrogens is 1. The van der Waals surface area contributed by atoms with Crippen LogP contribution in [0.15, 0.2) is 18.2 Å². The minimum absolute atomic E-state index is 0.0563. The van der Waals surface area contributed by atoms with Crippen LogP contribution >= 0.6 is 0 Å². The molecule has 1 aromatic heterocycles. The maximum atomic E-state index is 13.2. The number of nitrogens with one attached hydrogen (secondary N) is 2. The molecular formula is C12H13FN2O. The van der Waals surface area contributed by atoms with Crippen molar-refractivity contribution in [3.05, 3.63) is 35.3 Å². The molecule has 1 aliphatic rings. The van der Waals surface area contributed by atoms with E-state index in [-0.39, 0.29) is 18.5 Å². The maximum Gasteiger partial charge on any atom is 0.123 e. The summed E-state index contributed by atoms with van der Waals surface area (Å²) >= 11 is 0. The molecule has 1 aromatic carbocycles. The molecule has 0 fully saturated rings. The van der Waals surface area contributed by atoms with Gasteiger partial charge in [-0.05, 0) is 36.7 Å². The fourth-order valence-corrected chi connectivity index (χ4v) is 2.44. The van der Waals surface area contributed by atoms with Gasteiger partial charge in [0.25, 0.3) is 0 Å². The molecule has 2 aromatic rings. The van der Waals surface area contributed by atoms with Crippen LogP contribution in [0, 0.1) is 5.82 Å². The third-order valence-electron chi connectivity index (χ3n) is 3.20. The molecule has 84 valence electrons. The number of aromatic amines is 1. The van der Waals surface area contributed by atoms with Gasteiger partial charge >= 0.3 is 0 Å². The lowest BCUT2D eigenvalue weighted by atomic mass is 10.00. The van der Waals surface area contributed by atoms with E-state index in [1.54, 1.807) is 12.1 Å². The predicted molar refractivity (Wildman–Crippen MR) is 59.8 cm³/mol. The van der Waals surface area contributed by atoms with Gasteiger partial charge in [-0.1, -0.05) is 0 Å². The maximum absolute atomic E-state index is 13.2. The van der Waals surface area contributed by atoms with Crippen molar-refractivity contribution >= 4 is 10.9 Å². The molecule has 0 spiro atoms. The molecule has 0 amide bonds. The summed E-state index contributed by atoms with van der Waals surface area (Å²) in [5, 5.41) is 13.4. The minimum atomic E-state index is -0.214. The van der Waals surface area contributed by atoms with E-state index in [1.165, 1.54) is 6.07 Å². The van der Waals surface area contributed by atoms with Crippen molar-refractivity contribution in [1.82, 2.24) is 10.3 Å². The van der Waals surface area contributed by atoms with Gasteiger partial charge in [-0.25, -0.2) is 4.39 Å². The van der Waals surface area contributed by atoms with Crippen molar-refractivity contribution in [3.63, 3.8) is 0 Å². The highest BCUT2D eigenvalue weighted by molar-refractivity contribution is 5.85. The third kappa shape index (κ3) is 1.34. The Bertz CT molecular complexity index is 535. The molecule has 3 nitrogen and oxygen atoms in total. The van der Waals surface area contributed by atoms with Crippen LogP contribution in [-0.4, -0.2) is 23.2 Å². The summed E-state index contributed by atoms with van der Waals surface area (Å²) in [6.45, 7) is 0.879. The minimum Gasteiger partial charge on any atom is -0.394 e. The van der Waals surface area contributed by atoms with Crippen LogP contribution in [0.4, 0.5) is 4.39 Å². The summed E-state index contributed by atoms with van der Waals surface area (Å²) in [6.07, 6.45) is 0.870. The Labute approximate surface area is 92.3 Å². The van der Waals surface area contributed by atoms with Gasteiger partial charge in [-0.3, -0.25) is 0 Å². The number of aliphatic hydroxyl groups is 1. The highest BCUT2D eigenvalue weighted by Crippen LogP contribution is 2.30. The summed E-state index contributed by atoms with van der Waals surface area (Å²) in [5.41, 5.74) is 3.07. The molecule has 0 saturated heterocycles. The van der Waals surface area contributed by atoms with E-state index in [0.29, 0.717) is 0 Å². The first-order valence-corrected chi connectivity index (χ1v) is 5.44. The van der Waals surface area contributed by atoms with Crippen molar-refractivity contribution in [2.45, 2.75) is 12.5 Å². The second kappa shape index (κ2) is 3.57. The fraction of sp³-hybridized carbons (Fsp3) is 0.333. The SMILES string of the molecule is OCC1NCCc2c1[nH]c1ccc(F)cc21. The molecule has 0 radical (unpaired) electrons. The Kier molecular flexibility index (Phi) is 2.19. The molecule has 1 aliphatic heterocycles. The summed E-state index contributed by atoms with van der Waals surface area (Å²) < 4.78 is 13.2. The molecule has 1 unspecified atom stereocenters. The summed E-state index contributed by atoms with van der Waals surface area (Å²) in [7, 11) is 0. The van der Waals surface area contributed by atoms with Crippen LogP contribution in [0.3, 0.4) is 0 Å². The smallest absolute Gasteiger partial charge is 0.123 e. The van der Waals surface area contributed by atoms with Gasteiger partial charge < -0.3 is 15.4 Å². The zero-order chi connectivity index (χ0) is 11.1. The Morgan fingerprint density at radius 1 is 1.44 bits per heavy atom. The van der Waals surface area contributed by atoms with Gasteiger partial charge in [0.2, 0.25) is 0 Å². The number of hydrogen-bond donors (Lipinski definition) is 3. The van der Waals surface area contributed by atoms with Crippen LogP contribution in [0.2, 0.25) is 0 Å². The standard InChI is InChI=1S/C12H13FN2O/c13-7-1-2-10-9(5-7)8-3-4-14-11(6-16)12(8)15-10/h1-2,5,11,14-16H,3-4,6H2. The lowest BCUT2D eigenvalue weighted by Crippen LogP contribution is -2.31. The van der Waals surface area contributed by atoms with Gasteiger partial charge in [-0.15, -0.1) is 0 Å². The van der Waals surface area contributed by atoms with E-state index in [0.717, 1.165) is 35.1 Å². The topological polar surface area (TPSA) is 48.0 Å². The summed E-state index contributed by atoms with van der Waals surface area (Å²) in [4.78, 5) is 3.26. The lowest BCUT2D eigenvalue weighted by molar-refractivity contribution is 0.238. The molecule has 4 heteroatoms. The number of fused-ring (bicyclic) bond motifs is 3. The Morgan fingerprint density at radius 2 is 2.31 bits per heavy atom. The van der Waals surface area contributed by atoms with E-state index in [4.69, 9.17) is 0 Å². The Balaban J connectivity index is 2.24. The normalized spacial score (nSPS) is 20.0. The highest BCUT2D eigenvalue weighted by Gasteiger charge is 2.23. The van der Waals surface area contributed by atoms with Crippen LogP contribution in [0.5, 0.6) is 0 Å². The number of rotatable bonds is 1. The second-order valence-corrected chi connectivity index (χ2v) is 4.15. The summed E-state index contributed by atoms with van der Waals surface area (Å²) in [6, 6.07) is 4.70. The molecule has 2 heterocycles. The van der Waals surface area contributed by atoms with E-state index in [1.807, 2.05) is 0 Å². The van der Waals surface area contributed by atoms with Gasteiger partial charge in [0.1, 0.15) is 5.82 Å². The first kappa shape index (κ1) is 9.81. The van der Waals surface area contributed by atoms with Crippen LogP contribution in [0.25, 0.3) is 10.9 Å². The molecular weight excluding hydrogens is 207 g/mol. The largest absolute Gasteiger partial charge is 0.394 e. The number of halogens is 1. The quantitative estimate of drug-likeness (QED) is 0.682. The van der Waals surface area contributed by atoms with Crippen LogP contribution in [-0.2, 0) is 6.42 Å². The first-order chi connectivity index (χ1) is 7.79. The molecule has 0 aliphatic carbocycles. The number of aliphatic hydroxyl groups excluding tert-OH is 1. The van der Waals surface area contributed by atoms with Crippen molar-refractivity contribution in [2.24, 2.45) is 0 Å². The monoisotopic (exact) mass is 220 g/mol. The molecule has 0 bridgehead atoms. The van der Waals surface area contributed by atoms with E-state index in [2.05, 4.69) is 10.3 Å². The Morgan fingerprint density at radius 3 is 3.12 bits per heavy atom. The Hall–Kier alpha value is -1.39. The molecule has 0 saturated carbocycles. The molecule has 3 N–H and O–H groups in total. The van der Waals surface area contributed by atoms with E-state index in [9.17, 15) is 9.50 Å². The van der Waals surface area contributed by atoms with Gasteiger partial charge in [-0.2, -0.15) is 0 Å². The third-order valence-corrected chi connectivity index (χ3v) is 3.20. The zero-order valence-electron chi connectivity index (χ0n) is 8.76. The first-order valence-electron chi connectivity index (χ1n) is 5.44. The zero-order valence-corrected chi connectivity index (χ0v) is 8.76. The molecule has 1 atom stereocenters. The van der Waals surface area contributed by atoms with Gasteiger partial charge in [0.15, 0.2) is 0 Å². The van der Waals surface area contributed by atoms with Crippen molar-refractivity contribution in [1.29, 1.82) is 0 Å². The molecule has 16 heavy (non-hydrogen) atoms. The van der Waals surface area contributed by atoms with Crippen LogP contribution in [0.1, 0.15) is 17.3 Å². The number of benzene rings is 1. The second-order valence-electron chi connectivity index (χ2n) is 4.15. The van der Waals surface area contributed by atoms with E-state index < -0.39 is 0 Å². The molecule has 3 rings (SSSR count). The average Bonchev–Trinajstić information content (AvgIpc) is 2.67. The summed E-state index contributed by atoms with van der Waals surface area (Å²) in [5.74, 6) is -0.214. The van der Waals surface area contributed by atoms with Crippen LogP contribution < -0.4 is 5.32 Å². The number of H-pyrrole nitrogens is 1. The van der Waals surface area contributed by atoms with E-state index >= 15 is 0 Å². The predicted octanol–water partition coefficient (Wildman–Crippen LogP) is 1.49. The van der Waals surface area contributed by atoms with Crippen molar-refractivity contribution in [3.8, 4) is 0 Å². The highest BCUT2D eigenvalue weighted by atomic mass is 19.1. The van der Waals surface area contributed by atoms with Gasteiger partial charge in [0, 0.05) is 16.6 Å².